The molecule has 0 radical (unpaired) electrons. The number of hydrogen-bond acceptors (Lipinski definition) is 1. The van der Waals surface area contributed by atoms with Crippen LogP contribution in [-0.4, -0.2) is 11.7 Å². The van der Waals surface area contributed by atoms with Crippen molar-refractivity contribution in [1.82, 2.24) is 0 Å². The summed E-state index contributed by atoms with van der Waals surface area (Å²) in [7, 11) is 0. The lowest BCUT2D eigenvalue weighted by Gasteiger charge is -2.02. The van der Waals surface area contributed by atoms with Crippen LogP contribution in [0.3, 0.4) is 0 Å². The second kappa shape index (κ2) is 5.59. The molecule has 0 amide bonds. The molecule has 0 bridgehead atoms. The molecular formula is C10H9Cl3O. The van der Waals surface area contributed by atoms with E-state index in [1.807, 2.05) is 6.07 Å². The molecule has 0 fully saturated rings. The molecule has 4 heteroatoms. The Kier molecular flexibility index (Phi) is 4.73. The number of alkyl halides is 1. The molecule has 1 aromatic carbocycles. The zero-order valence-electron chi connectivity index (χ0n) is 7.40. The van der Waals surface area contributed by atoms with E-state index in [2.05, 4.69) is 0 Å². The molecule has 0 spiro atoms. The Morgan fingerprint density at radius 3 is 2.57 bits per heavy atom. The third-order valence-electron chi connectivity index (χ3n) is 1.84. The van der Waals surface area contributed by atoms with Crippen LogP contribution >= 0.6 is 34.8 Å². The van der Waals surface area contributed by atoms with Gasteiger partial charge in [0.15, 0.2) is 0 Å². The van der Waals surface area contributed by atoms with Crippen LogP contribution in [0.4, 0.5) is 0 Å². The van der Waals surface area contributed by atoms with E-state index >= 15 is 0 Å². The number of halogens is 3. The van der Waals surface area contributed by atoms with Gasteiger partial charge >= 0.3 is 0 Å². The lowest BCUT2D eigenvalue weighted by molar-refractivity contribution is -0.116. The summed E-state index contributed by atoms with van der Waals surface area (Å²) < 4.78 is 0. The minimum atomic E-state index is 0.0256. The van der Waals surface area contributed by atoms with E-state index in [1.54, 1.807) is 12.1 Å². The van der Waals surface area contributed by atoms with Crippen LogP contribution in [0.1, 0.15) is 12.0 Å². The van der Waals surface area contributed by atoms with Crippen molar-refractivity contribution >= 4 is 40.6 Å². The predicted molar refractivity (Wildman–Crippen MR) is 60.5 cm³/mol. The number of benzene rings is 1. The van der Waals surface area contributed by atoms with Crippen LogP contribution in [0.5, 0.6) is 0 Å². The van der Waals surface area contributed by atoms with Crippen molar-refractivity contribution in [2.45, 2.75) is 12.8 Å². The number of hydrogen-bond donors (Lipinski definition) is 0. The Balaban J connectivity index is 2.63. The minimum absolute atomic E-state index is 0.0256. The SMILES string of the molecule is O=C(CCl)CCc1ccc(Cl)cc1Cl. The van der Waals surface area contributed by atoms with Crippen molar-refractivity contribution in [3.8, 4) is 0 Å². The molecule has 0 saturated heterocycles. The van der Waals surface area contributed by atoms with Gasteiger partial charge in [-0.25, -0.2) is 0 Å². The van der Waals surface area contributed by atoms with Crippen LogP contribution in [0.25, 0.3) is 0 Å². The molecule has 0 N–H and O–H groups in total. The number of Topliss-reactive ketones (excluding diaryl/α,β-unsaturated/α-hetero) is 1. The van der Waals surface area contributed by atoms with Gasteiger partial charge in [-0.2, -0.15) is 0 Å². The summed E-state index contributed by atoms with van der Waals surface area (Å²) in [6, 6.07) is 5.25. The largest absolute Gasteiger partial charge is 0.298 e. The van der Waals surface area contributed by atoms with Gasteiger partial charge < -0.3 is 0 Å². The number of aryl methyl sites for hydroxylation is 1. The van der Waals surface area contributed by atoms with Crippen LogP contribution in [-0.2, 0) is 11.2 Å². The lowest BCUT2D eigenvalue weighted by atomic mass is 10.1. The minimum Gasteiger partial charge on any atom is -0.298 e. The first-order valence-electron chi connectivity index (χ1n) is 4.15. The van der Waals surface area contributed by atoms with Crippen molar-refractivity contribution in [2.24, 2.45) is 0 Å². The second-order valence-electron chi connectivity index (χ2n) is 2.91. The van der Waals surface area contributed by atoms with Crippen molar-refractivity contribution < 1.29 is 4.79 Å². The first-order valence-corrected chi connectivity index (χ1v) is 5.44. The summed E-state index contributed by atoms with van der Waals surface area (Å²) in [4.78, 5) is 11.0. The summed E-state index contributed by atoms with van der Waals surface area (Å²) in [6.07, 6.45) is 1.03. The Morgan fingerprint density at radius 1 is 1.29 bits per heavy atom. The number of carbonyl (C=O) groups excluding carboxylic acids is 1. The molecule has 0 heterocycles. The molecule has 76 valence electrons. The fraction of sp³-hybridized carbons (Fsp3) is 0.300. The topological polar surface area (TPSA) is 17.1 Å². The average Bonchev–Trinajstić information content (AvgIpc) is 2.16. The Hall–Kier alpha value is -0.240. The van der Waals surface area contributed by atoms with Crippen molar-refractivity contribution in [3.63, 3.8) is 0 Å². The van der Waals surface area contributed by atoms with Gasteiger partial charge in [-0.1, -0.05) is 29.3 Å². The van der Waals surface area contributed by atoms with Gasteiger partial charge in [0.05, 0.1) is 5.88 Å². The molecule has 0 saturated carbocycles. The highest BCUT2D eigenvalue weighted by Crippen LogP contribution is 2.22. The van der Waals surface area contributed by atoms with Gasteiger partial charge in [0.2, 0.25) is 0 Å². The van der Waals surface area contributed by atoms with Crippen LogP contribution in [0.15, 0.2) is 18.2 Å². The Morgan fingerprint density at radius 2 is 2.00 bits per heavy atom. The van der Waals surface area contributed by atoms with E-state index in [1.165, 1.54) is 0 Å². The summed E-state index contributed by atoms with van der Waals surface area (Å²) in [5.41, 5.74) is 0.925. The average molecular weight is 252 g/mol. The molecule has 14 heavy (non-hydrogen) atoms. The maximum atomic E-state index is 11.0. The van der Waals surface area contributed by atoms with Gasteiger partial charge in [-0.05, 0) is 24.1 Å². The first-order chi connectivity index (χ1) is 6.63. The Bertz CT molecular complexity index is 336. The summed E-state index contributed by atoms with van der Waals surface area (Å²) >= 11 is 17.0. The molecule has 1 aromatic rings. The fourth-order valence-electron chi connectivity index (χ4n) is 1.07. The highest BCUT2D eigenvalue weighted by molar-refractivity contribution is 6.35. The highest BCUT2D eigenvalue weighted by atomic mass is 35.5. The van der Waals surface area contributed by atoms with Gasteiger partial charge in [-0.15, -0.1) is 11.6 Å². The normalized spacial score (nSPS) is 10.2. The second-order valence-corrected chi connectivity index (χ2v) is 4.02. The standard InChI is InChI=1S/C10H9Cl3O/c11-6-9(14)4-2-7-1-3-8(12)5-10(7)13/h1,3,5H,2,4,6H2. The van der Waals surface area contributed by atoms with E-state index < -0.39 is 0 Å². The summed E-state index contributed by atoms with van der Waals surface area (Å²) in [5, 5.41) is 1.20. The fourth-order valence-corrected chi connectivity index (χ4v) is 1.70. The zero-order valence-corrected chi connectivity index (χ0v) is 9.66. The van der Waals surface area contributed by atoms with Crippen LogP contribution < -0.4 is 0 Å². The molecule has 0 atom stereocenters. The van der Waals surface area contributed by atoms with Crippen molar-refractivity contribution in [2.75, 3.05) is 5.88 Å². The number of rotatable bonds is 4. The first kappa shape index (κ1) is 11.8. The third-order valence-corrected chi connectivity index (χ3v) is 2.72. The van der Waals surface area contributed by atoms with Gasteiger partial charge in [0.1, 0.15) is 5.78 Å². The maximum Gasteiger partial charge on any atom is 0.147 e. The van der Waals surface area contributed by atoms with E-state index in [4.69, 9.17) is 34.8 Å². The molecule has 0 aromatic heterocycles. The number of carbonyl (C=O) groups is 1. The lowest BCUT2D eigenvalue weighted by Crippen LogP contribution is -2.01. The molecule has 1 nitrogen and oxygen atoms in total. The smallest absolute Gasteiger partial charge is 0.147 e. The molecule has 0 aliphatic rings. The van der Waals surface area contributed by atoms with E-state index in [-0.39, 0.29) is 11.7 Å². The van der Waals surface area contributed by atoms with Crippen molar-refractivity contribution in [1.29, 1.82) is 0 Å². The van der Waals surface area contributed by atoms with Crippen LogP contribution in [0, 0.1) is 0 Å². The maximum absolute atomic E-state index is 11.0. The zero-order chi connectivity index (χ0) is 10.6. The molecular weight excluding hydrogens is 242 g/mol. The molecule has 1 rings (SSSR count). The number of ketones is 1. The summed E-state index contributed by atoms with van der Waals surface area (Å²) in [6.45, 7) is 0. The van der Waals surface area contributed by atoms with Gasteiger partial charge in [0.25, 0.3) is 0 Å². The van der Waals surface area contributed by atoms with Crippen molar-refractivity contribution in [3.05, 3.63) is 33.8 Å². The van der Waals surface area contributed by atoms with Gasteiger partial charge in [-0.3, -0.25) is 4.79 Å². The summed E-state index contributed by atoms with van der Waals surface area (Å²) in [5.74, 6) is 0.0864. The molecule has 0 aliphatic heterocycles. The highest BCUT2D eigenvalue weighted by Gasteiger charge is 2.04. The molecule has 0 aliphatic carbocycles. The Labute approximate surface area is 98.0 Å². The molecule has 0 unspecified atom stereocenters. The van der Waals surface area contributed by atoms with Gasteiger partial charge in [0, 0.05) is 16.5 Å². The predicted octanol–water partition coefficient (Wildman–Crippen LogP) is 3.73. The van der Waals surface area contributed by atoms with E-state index in [0.29, 0.717) is 22.9 Å². The quantitative estimate of drug-likeness (QED) is 0.745. The third kappa shape index (κ3) is 3.49. The van der Waals surface area contributed by atoms with E-state index in [9.17, 15) is 4.79 Å². The monoisotopic (exact) mass is 250 g/mol. The van der Waals surface area contributed by atoms with E-state index in [0.717, 1.165) is 5.56 Å². The van der Waals surface area contributed by atoms with Crippen LogP contribution in [0.2, 0.25) is 10.0 Å².